The van der Waals surface area contributed by atoms with Crippen molar-refractivity contribution in [1.82, 2.24) is 4.90 Å². The van der Waals surface area contributed by atoms with Crippen molar-refractivity contribution in [3.8, 4) is 0 Å². The predicted octanol–water partition coefficient (Wildman–Crippen LogP) is 3.18. The molecule has 1 saturated carbocycles. The monoisotopic (exact) mass is 351 g/mol. The lowest BCUT2D eigenvalue weighted by Crippen LogP contribution is -2.57. The Kier molecular flexibility index (Phi) is 4.62. The van der Waals surface area contributed by atoms with Crippen LogP contribution in [0.5, 0.6) is 0 Å². The summed E-state index contributed by atoms with van der Waals surface area (Å²) in [5.74, 6) is 0.655. The summed E-state index contributed by atoms with van der Waals surface area (Å²) in [6.45, 7) is 8.08. The normalized spacial score (nSPS) is 24.2. The molecule has 4 heteroatoms. The second-order valence-electron chi connectivity index (χ2n) is 8.21. The molecule has 0 aromatic heterocycles. The standard InChI is InChI=1S/C22H29N3O/c1-15-12-24(13-16(2)25(15)14-17-6-7-17)20-9-8-18-4-3-5-19(10-22(23)26)21(18)11-20/h3-5,8-9,11,15-17H,6-7,10,12-14H2,1-2H3,(H2,23,26). The maximum atomic E-state index is 11.4. The first kappa shape index (κ1) is 17.3. The fraction of sp³-hybridized carbons (Fsp3) is 0.500. The quantitative estimate of drug-likeness (QED) is 0.900. The van der Waals surface area contributed by atoms with Crippen LogP contribution in [0, 0.1) is 5.92 Å². The minimum absolute atomic E-state index is 0.279. The number of piperazine rings is 1. The minimum Gasteiger partial charge on any atom is -0.369 e. The number of nitrogens with two attached hydrogens (primary N) is 1. The van der Waals surface area contributed by atoms with Crippen LogP contribution in [0.4, 0.5) is 5.69 Å². The van der Waals surface area contributed by atoms with Crippen LogP contribution in [0.1, 0.15) is 32.3 Å². The lowest BCUT2D eigenvalue weighted by atomic mass is 10.00. The third-order valence-electron chi connectivity index (χ3n) is 5.95. The van der Waals surface area contributed by atoms with Gasteiger partial charge in [0.05, 0.1) is 6.42 Å². The van der Waals surface area contributed by atoms with E-state index in [0.717, 1.165) is 30.0 Å². The van der Waals surface area contributed by atoms with E-state index in [1.54, 1.807) is 0 Å². The van der Waals surface area contributed by atoms with E-state index in [0.29, 0.717) is 18.5 Å². The average Bonchev–Trinajstić information content (AvgIpc) is 3.41. The molecule has 0 bridgehead atoms. The van der Waals surface area contributed by atoms with E-state index in [1.807, 2.05) is 12.1 Å². The second kappa shape index (κ2) is 6.92. The Morgan fingerprint density at radius 2 is 1.85 bits per heavy atom. The van der Waals surface area contributed by atoms with Crippen LogP contribution in [0.3, 0.4) is 0 Å². The molecule has 2 N–H and O–H groups in total. The van der Waals surface area contributed by atoms with Crippen molar-refractivity contribution in [2.75, 3.05) is 24.5 Å². The van der Waals surface area contributed by atoms with Crippen molar-refractivity contribution in [2.24, 2.45) is 11.7 Å². The fourth-order valence-corrected chi connectivity index (χ4v) is 4.39. The molecule has 1 aliphatic heterocycles. The molecule has 1 heterocycles. The number of carbonyl (C=O) groups excluding carboxylic acids is 1. The number of benzene rings is 2. The van der Waals surface area contributed by atoms with Gasteiger partial charge < -0.3 is 10.6 Å². The van der Waals surface area contributed by atoms with Crippen molar-refractivity contribution < 1.29 is 4.79 Å². The molecule has 26 heavy (non-hydrogen) atoms. The molecule has 2 atom stereocenters. The van der Waals surface area contributed by atoms with Gasteiger partial charge >= 0.3 is 0 Å². The summed E-state index contributed by atoms with van der Waals surface area (Å²) < 4.78 is 0. The van der Waals surface area contributed by atoms with Crippen LogP contribution in [0.25, 0.3) is 10.8 Å². The molecule has 2 aromatic rings. The SMILES string of the molecule is CC1CN(c2ccc3cccc(CC(N)=O)c3c2)CC(C)N1CC1CC1. The second-order valence-corrected chi connectivity index (χ2v) is 8.21. The fourth-order valence-electron chi connectivity index (χ4n) is 4.39. The van der Waals surface area contributed by atoms with Crippen molar-refractivity contribution >= 4 is 22.4 Å². The molecular weight excluding hydrogens is 322 g/mol. The highest BCUT2D eigenvalue weighted by molar-refractivity contribution is 5.92. The Hall–Kier alpha value is -2.07. The zero-order chi connectivity index (χ0) is 18.3. The van der Waals surface area contributed by atoms with Crippen molar-refractivity contribution in [3.05, 3.63) is 42.0 Å². The van der Waals surface area contributed by atoms with E-state index in [4.69, 9.17) is 5.73 Å². The molecule has 2 fully saturated rings. The molecule has 0 spiro atoms. The number of primary amides is 1. The summed E-state index contributed by atoms with van der Waals surface area (Å²) in [5.41, 5.74) is 7.71. The number of fused-ring (bicyclic) bond motifs is 1. The molecule has 2 unspecified atom stereocenters. The Bertz CT molecular complexity index is 802. The van der Waals surface area contributed by atoms with Gasteiger partial charge in [-0.25, -0.2) is 0 Å². The number of hydrogen-bond acceptors (Lipinski definition) is 3. The van der Waals surface area contributed by atoms with Gasteiger partial charge in [-0.3, -0.25) is 9.69 Å². The summed E-state index contributed by atoms with van der Waals surface area (Å²) in [6, 6.07) is 13.9. The van der Waals surface area contributed by atoms with Crippen molar-refractivity contribution in [3.63, 3.8) is 0 Å². The molecule has 138 valence electrons. The number of amides is 1. The van der Waals surface area contributed by atoms with Gasteiger partial charge in [0.25, 0.3) is 0 Å². The van der Waals surface area contributed by atoms with E-state index in [2.05, 4.69) is 47.9 Å². The van der Waals surface area contributed by atoms with Crippen LogP contribution >= 0.6 is 0 Å². The van der Waals surface area contributed by atoms with Gasteiger partial charge in [-0.2, -0.15) is 0 Å². The Labute approximate surface area is 156 Å². The summed E-state index contributed by atoms with van der Waals surface area (Å²) in [4.78, 5) is 16.6. The van der Waals surface area contributed by atoms with Gasteiger partial charge in [-0.05, 0) is 61.1 Å². The third kappa shape index (κ3) is 3.56. The number of anilines is 1. The summed E-state index contributed by atoms with van der Waals surface area (Å²) in [5, 5.41) is 2.31. The Balaban J connectivity index is 1.59. The van der Waals surface area contributed by atoms with E-state index in [1.165, 1.54) is 30.5 Å². The van der Waals surface area contributed by atoms with Crippen molar-refractivity contribution in [2.45, 2.75) is 45.2 Å². The molecule has 4 nitrogen and oxygen atoms in total. The largest absolute Gasteiger partial charge is 0.369 e. The maximum absolute atomic E-state index is 11.4. The highest BCUT2D eigenvalue weighted by atomic mass is 16.1. The van der Waals surface area contributed by atoms with Crippen molar-refractivity contribution in [1.29, 1.82) is 0 Å². The summed E-state index contributed by atoms with van der Waals surface area (Å²) in [7, 11) is 0. The highest BCUT2D eigenvalue weighted by Crippen LogP contribution is 2.33. The zero-order valence-corrected chi connectivity index (χ0v) is 15.8. The molecule has 1 saturated heterocycles. The van der Waals surface area contributed by atoms with Crippen LogP contribution in [-0.4, -0.2) is 42.5 Å². The van der Waals surface area contributed by atoms with Crippen LogP contribution in [-0.2, 0) is 11.2 Å². The maximum Gasteiger partial charge on any atom is 0.221 e. The van der Waals surface area contributed by atoms with E-state index < -0.39 is 0 Å². The van der Waals surface area contributed by atoms with Crippen LogP contribution in [0.2, 0.25) is 0 Å². The van der Waals surface area contributed by atoms with Gasteiger partial charge in [-0.15, -0.1) is 0 Å². The molecule has 4 rings (SSSR count). The average molecular weight is 351 g/mol. The number of hydrogen-bond donors (Lipinski definition) is 1. The minimum atomic E-state index is -0.279. The Morgan fingerprint density at radius 1 is 1.12 bits per heavy atom. The zero-order valence-electron chi connectivity index (χ0n) is 15.8. The number of nitrogens with zero attached hydrogens (tertiary/aromatic N) is 2. The van der Waals surface area contributed by atoms with E-state index in [-0.39, 0.29) is 5.91 Å². The number of rotatable bonds is 5. The molecule has 2 aliphatic rings. The first-order valence-corrected chi connectivity index (χ1v) is 9.82. The predicted molar refractivity (Wildman–Crippen MR) is 107 cm³/mol. The third-order valence-corrected chi connectivity index (χ3v) is 5.95. The lowest BCUT2D eigenvalue weighted by Gasteiger charge is -2.45. The van der Waals surface area contributed by atoms with Gasteiger partial charge in [-0.1, -0.05) is 24.3 Å². The van der Waals surface area contributed by atoms with Crippen LogP contribution < -0.4 is 10.6 Å². The van der Waals surface area contributed by atoms with E-state index >= 15 is 0 Å². The smallest absolute Gasteiger partial charge is 0.221 e. The first-order valence-electron chi connectivity index (χ1n) is 9.82. The summed E-state index contributed by atoms with van der Waals surface area (Å²) in [6.07, 6.45) is 3.11. The first-order chi connectivity index (χ1) is 12.5. The highest BCUT2D eigenvalue weighted by Gasteiger charge is 2.33. The molecule has 2 aromatic carbocycles. The summed E-state index contributed by atoms with van der Waals surface area (Å²) >= 11 is 0. The molecular formula is C22H29N3O. The topological polar surface area (TPSA) is 49.6 Å². The van der Waals surface area contributed by atoms with Crippen LogP contribution in [0.15, 0.2) is 36.4 Å². The van der Waals surface area contributed by atoms with E-state index in [9.17, 15) is 4.79 Å². The lowest BCUT2D eigenvalue weighted by molar-refractivity contribution is -0.117. The van der Waals surface area contributed by atoms with Gasteiger partial charge in [0.15, 0.2) is 0 Å². The Morgan fingerprint density at radius 3 is 2.50 bits per heavy atom. The molecule has 0 radical (unpaired) electrons. The van der Waals surface area contributed by atoms with Gasteiger partial charge in [0.2, 0.25) is 5.91 Å². The van der Waals surface area contributed by atoms with Gasteiger partial charge in [0, 0.05) is 37.4 Å². The van der Waals surface area contributed by atoms with Gasteiger partial charge in [0.1, 0.15) is 0 Å². The molecule has 1 aliphatic carbocycles. The number of carbonyl (C=O) groups is 1. The molecule has 1 amide bonds.